The van der Waals surface area contributed by atoms with Crippen LogP contribution in [-0.4, -0.2) is 34.9 Å². The molecule has 3 N–H and O–H groups in total. The van der Waals surface area contributed by atoms with Crippen LogP contribution in [0.3, 0.4) is 0 Å². The van der Waals surface area contributed by atoms with Gasteiger partial charge in [-0.2, -0.15) is 0 Å². The average Bonchev–Trinajstić information content (AvgIpc) is 2.53. The molecule has 0 aromatic rings. The standard InChI is InChI=1S/C8H15NO3/c1-5(8(11)12)7(10)6-3-2-4-9-6/h5-7,9-10H,2-4H2,1H3,(H,11,12)/t5-,6-,7-/m1/s1. The van der Waals surface area contributed by atoms with Crippen LogP contribution in [0.1, 0.15) is 19.8 Å². The van der Waals surface area contributed by atoms with E-state index in [9.17, 15) is 9.90 Å². The van der Waals surface area contributed by atoms with Crippen molar-refractivity contribution in [1.82, 2.24) is 5.32 Å². The van der Waals surface area contributed by atoms with E-state index in [-0.39, 0.29) is 6.04 Å². The molecular weight excluding hydrogens is 158 g/mol. The van der Waals surface area contributed by atoms with Crippen molar-refractivity contribution in [1.29, 1.82) is 0 Å². The predicted octanol–water partition coefficient (Wildman–Crippen LogP) is -0.180. The minimum Gasteiger partial charge on any atom is -0.481 e. The molecule has 0 amide bonds. The first-order valence-corrected chi connectivity index (χ1v) is 4.27. The molecule has 1 saturated heterocycles. The molecule has 4 heteroatoms. The third kappa shape index (κ3) is 1.95. The molecular formula is C8H15NO3. The Morgan fingerprint density at radius 1 is 1.67 bits per heavy atom. The van der Waals surface area contributed by atoms with Gasteiger partial charge in [-0.05, 0) is 26.3 Å². The lowest BCUT2D eigenvalue weighted by Gasteiger charge is -2.21. The number of nitrogens with one attached hydrogen (secondary N) is 1. The Morgan fingerprint density at radius 2 is 2.33 bits per heavy atom. The highest BCUT2D eigenvalue weighted by Gasteiger charge is 2.30. The smallest absolute Gasteiger partial charge is 0.308 e. The van der Waals surface area contributed by atoms with Crippen LogP contribution >= 0.6 is 0 Å². The number of rotatable bonds is 3. The van der Waals surface area contributed by atoms with Gasteiger partial charge in [0.15, 0.2) is 0 Å². The number of hydrogen-bond acceptors (Lipinski definition) is 3. The van der Waals surface area contributed by atoms with E-state index in [1.165, 1.54) is 6.92 Å². The van der Waals surface area contributed by atoms with Gasteiger partial charge in [0.2, 0.25) is 0 Å². The third-order valence-electron chi connectivity index (χ3n) is 2.41. The Balaban J connectivity index is 2.44. The summed E-state index contributed by atoms with van der Waals surface area (Å²) in [5.74, 6) is -1.61. The van der Waals surface area contributed by atoms with Crippen LogP contribution in [0.2, 0.25) is 0 Å². The van der Waals surface area contributed by atoms with E-state index in [0.29, 0.717) is 0 Å². The summed E-state index contributed by atoms with van der Waals surface area (Å²) in [6.45, 7) is 2.42. The van der Waals surface area contributed by atoms with Crippen LogP contribution in [-0.2, 0) is 4.79 Å². The Morgan fingerprint density at radius 3 is 2.75 bits per heavy atom. The van der Waals surface area contributed by atoms with E-state index in [1.807, 2.05) is 0 Å². The average molecular weight is 173 g/mol. The molecule has 1 rings (SSSR count). The quantitative estimate of drug-likeness (QED) is 0.553. The fraction of sp³-hybridized carbons (Fsp3) is 0.875. The predicted molar refractivity (Wildman–Crippen MR) is 43.8 cm³/mol. The molecule has 0 aliphatic carbocycles. The molecule has 12 heavy (non-hydrogen) atoms. The third-order valence-corrected chi connectivity index (χ3v) is 2.41. The van der Waals surface area contributed by atoms with Gasteiger partial charge < -0.3 is 15.5 Å². The Hall–Kier alpha value is -0.610. The molecule has 0 aromatic heterocycles. The number of hydrogen-bond donors (Lipinski definition) is 3. The summed E-state index contributed by atoms with van der Waals surface area (Å²) in [5.41, 5.74) is 0. The summed E-state index contributed by atoms with van der Waals surface area (Å²) in [6.07, 6.45) is 1.14. The van der Waals surface area contributed by atoms with Gasteiger partial charge in [-0.1, -0.05) is 0 Å². The van der Waals surface area contributed by atoms with Crippen molar-refractivity contribution >= 4 is 5.97 Å². The summed E-state index contributed by atoms with van der Waals surface area (Å²) >= 11 is 0. The fourth-order valence-electron chi connectivity index (χ4n) is 1.50. The molecule has 4 nitrogen and oxygen atoms in total. The van der Waals surface area contributed by atoms with Gasteiger partial charge in [0.25, 0.3) is 0 Å². The largest absolute Gasteiger partial charge is 0.481 e. The highest BCUT2D eigenvalue weighted by molar-refractivity contribution is 5.70. The monoisotopic (exact) mass is 173 g/mol. The van der Waals surface area contributed by atoms with E-state index < -0.39 is 18.0 Å². The number of aliphatic carboxylic acids is 1. The zero-order valence-corrected chi connectivity index (χ0v) is 7.16. The molecule has 3 atom stereocenters. The van der Waals surface area contributed by atoms with Crippen molar-refractivity contribution in [2.75, 3.05) is 6.54 Å². The first kappa shape index (κ1) is 9.48. The van der Waals surface area contributed by atoms with Crippen LogP contribution in [0.25, 0.3) is 0 Å². The van der Waals surface area contributed by atoms with E-state index in [2.05, 4.69) is 5.32 Å². The van der Waals surface area contributed by atoms with Gasteiger partial charge in [0.1, 0.15) is 0 Å². The Labute approximate surface area is 71.6 Å². The number of carbonyl (C=O) groups is 1. The van der Waals surface area contributed by atoms with Crippen LogP contribution in [0, 0.1) is 5.92 Å². The van der Waals surface area contributed by atoms with Gasteiger partial charge >= 0.3 is 5.97 Å². The molecule has 1 aliphatic heterocycles. The van der Waals surface area contributed by atoms with Crippen LogP contribution in [0.15, 0.2) is 0 Å². The molecule has 70 valence electrons. The Kier molecular flexibility index (Phi) is 3.05. The van der Waals surface area contributed by atoms with Gasteiger partial charge in [0.05, 0.1) is 12.0 Å². The van der Waals surface area contributed by atoms with E-state index in [1.54, 1.807) is 0 Å². The molecule has 1 fully saturated rings. The van der Waals surface area contributed by atoms with E-state index >= 15 is 0 Å². The lowest BCUT2D eigenvalue weighted by molar-refractivity contribution is -0.145. The van der Waals surface area contributed by atoms with Crippen molar-refractivity contribution in [2.45, 2.75) is 31.9 Å². The summed E-state index contributed by atoms with van der Waals surface area (Å²) in [4.78, 5) is 10.5. The van der Waals surface area contributed by atoms with Crippen molar-refractivity contribution in [3.63, 3.8) is 0 Å². The number of carboxylic acid groups (broad SMARTS) is 1. The lowest BCUT2D eigenvalue weighted by atomic mass is 9.97. The van der Waals surface area contributed by atoms with Crippen LogP contribution < -0.4 is 5.32 Å². The topological polar surface area (TPSA) is 69.6 Å². The lowest BCUT2D eigenvalue weighted by Crippen LogP contribution is -2.41. The SMILES string of the molecule is C[C@@H](C(=O)O)[C@@H](O)[C@H]1CCCN1. The summed E-state index contributed by atoms with van der Waals surface area (Å²) in [6, 6.07) is -0.0314. The molecule has 0 spiro atoms. The fourth-order valence-corrected chi connectivity index (χ4v) is 1.50. The maximum atomic E-state index is 10.5. The highest BCUT2D eigenvalue weighted by Crippen LogP contribution is 2.15. The second kappa shape index (κ2) is 3.87. The van der Waals surface area contributed by atoms with Crippen molar-refractivity contribution in [3.05, 3.63) is 0 Å². The molecule has 1 aliphatic rings. The Bertz CT molecular complexity index is 166. The maximum absolute atomic E-state index is 10.5. The summed E-state index contributed by atoms with van der Waals surface area (Å²) in [7, 11) is 0. The minimum atomic E-state index is -0.934. The number of carboxylic acids is 1. The van der Waals surface area contributed by atoms with Crippen LogP contribution in [0.4, 0.5) is 0 Å². The van der Waals surface area contributed by atoms with Gasteiger partial charge in [-0.3, -0.25) is 4.79 Å². The number of aliphatic hydroxyl groups is 1. The van der Waals surface area contributed by atoms with E-state index in [4.69, 9.17) is 5.11 Å². The molecule has 0 radical (unpaired) electrons. The van der Waals surface area contributed by atoms with Crippen LogP contribution in [0.5, 0.6) is 0 Å². The maximum Gasteiger partial charge on any atom is 0.308 e. The van der Waals surface area contributed by atoms with Crippen molar-refractivity contribution in [2.24, 2.45) is 5.92 Å². The van der Waals surface area contributed by atoms with Crippen molar-refractivity contribution in [3.8, 4) is 0 Å². The van der Waals surface area contributed by atoms with E-state index in [0.717, 1.165) is 19.4 Å². The number of aliphatic hydroxyl groups excluding tert-OH is 1. The molecule has 0 aromatic carbocycles. The van der Waals surface area contributed by atoms with Gasteiger partial charge in [-0.15, -0.1) is 0 Å². The summed E-state index contributed by atoms with van der Waals surface area (Å²) < 4.78 is 0. The second-order valence-corrected chi connectivity index (χ2v) is 3.32. The first-order valence-electron chi connectivity index (χ1n) is 4.27. The minimum absolute atomic E-state index is 0.0314. The molecule has 0 unspecified atom stereocenters. The first-order chi connectivity index (χ1) is 5.63. The molecule has 0 bridgehead atoms. The van der Waals surface area contributed by atoms with Gasteiger partial charge in [0, 0.05) is 6.04 Å². The summed E-state index contributed by atoms with van der Waals surface area (Å²) in [5, 5.41) is 21.2. The second-order valence-electron chi connectivity index (χ2n) is 3.32. The van der Waals surface area contributed by atoms with Crippen molar-refractivity contribution < 1.29 is 15.0 Å². The van der Waals surface area contributed by atoms with Gasteiger partial charge in [-0.25, -0.2) is 0 Å². The normalized spacial score (nSPS) is 28.3. The zero-order valence-electron chi connectivity index (χ0n) is 7.16. The highest BCUT2D eigenvalue weighted by atomic mass is 16.4. The zero-order chi connectivity index (χ0) is 9.14. The molecule has 1 heterocycles. The molecule has 0 saturated carbocycles.